The molecule has 4 aromatic carbocycles. The summed E-state index contributed by atoms with van der Waals surface area (Å²) < 4.78 is 5.73. The smallest absolute Gasteiger partial charge is 0.259 e. The van der Waals surface area contributed by atoms with Crippen LogP contribution in [0.1, 0.15) is 29.5 Å². The molecule has 0 spiro atoms. The van der Waals surface area contributed by atoms with Gasteiger partial charge in [-0.25, -0.2) is 5.43 Å². The van der Waals surface area contributed by atoms with E-state index in [1.165, 1.54) is 0 Å². The zero-order valence-electron chi connectivity index (χ0n) is 19.5. The predicted molar refractivity (Wildman–Crippen MR) is 139 cm³/mol. The Hall–Kier alpha value is -4.45. The molecule has 0 saturated heterocycles. The van der Waals surface area contributed by atoms with Crippen molar-refractivity contribution < 1.29 is 14.3 Å². The fourth-order valence-electron chi connectivity index (χ4n) is 3.95. The van der Waals surface area contributed by atoms with Crippen LogP contribution in [0.5, 0.6) is 5.75 Å². The van der Waals surface area contributed by atoms with Gasteiger partial charge in [0.15, 0.2) is 0 Å². The van der Waals surface area contributed by atoms with Gasteiger partial charge in [-0.3, -0.25) is 9.59 Å². The highest BCUT2D eigenvalue weighted by molar-refractivity contribution is 6.02. The van der Waals surface area contributed by atoms with Crippen molar-refractivity contribution in [2.75, 3.05) is 13.2 Å². The average molecular weight is 466 g/mol. The van der Waals surface area contributed by atoms with E-state index < -0.39 is 11.8 Å². The molecule has 0 fully saturated rings. The van der Waals surface area contributed by atoms with E-state index in [9.17, 15) is 9.59 Å². The van der Waals surface area contributed by atoms with Crippen LogP contribution in [0.3, 0.4) is 0 Å². The van der Waals surface area contributed by atoms with Gasteiger partial charge in [0.25, 0.3) is 5.91 Å². The lowest BCUT2D eigenvalue weighted by Gasteiger charge is -2.17. The fraction of sp³-hybridized carbons (Fsp3) is 0.138. The number of hydrogen-bond acceptors (Lipinski definition) is 4. The Bertz CT molecular complexity index is 1280. The van der Waals surface area contributed by atoms with Crippen LogP contribution < -0.4 is 15.5 Å². The van der Waals surface area contributed by atoms with Crippen molar-refractivity contribution in [2.24, 2.45) is 5.10 Å². The van der Waals surface area contributed by atoms with E-state index in [0.717, 1.165) is 27.5 Å². The number of hydrazone groups is 1. The number of nitrogens with one attached hydrogen (secondary N) is 2. The highest BCUT2D eigenvalue weighted by Gasteiger charge is 2.22. The second kappa shape index (κ2) is 11.6. The highest BCUT2D eigenvalue weighted by atomic mass is 16.5. The summed E-state index contributed by atoms with van der Waals surface area (Å²) in [5, 5.41) is 8.87. The van der Waals surface area contributed by atoms with Gasteiger partial charge in [-0.1, -0.05) is 91.0 Å². The van der Waals surface area contributed by atoms with Crippen LogP contribution in [0.25, 0.3) is 10.8 Å². The molecule has 0 aromatic heterocycles. The van der Waals surface area contributed by atoms with E-state index >= 15 is 0 Å². The average Bonchev–Trinajstić information content (AvgIpc) is 2.90. The van der Waals surface area contributed by atoms with Gasteiger partial charge >= 0.3 is 0 Å². The quantitative estimate of drug-likeness (QED) is 0.279. The minimum absolute atomic E-state index is 0.194. The summed E-state index contributed by atoms with van der Waals surface area (Å²) in [5.41, 5.74) is 4.99. The van der Waals surface area contributed by atoms with Gasteiger partial charge in [-0.05, 0) is 34.9 Å². The van der Waals surface area contributed by atoms with Crippen molar-refractivity contribution >= 4 is 28.8 Å². The third kappa shape index (κ3) is 5.92. The van der Waals surface area contributed by atoms with Gasteiger partial charge in [0.2, 0.25) is 5.91 Å². The highest BCUT2D eigenvalue weighted by Crippen LogP contribution is 2.27. The number of amides is 2. The van der Waals surface area contributed by atoms with Crippen molar-refractivity contribution in [3.05, 3.63) is 114 Å². The molecule has 0 saturated carbocycles. The summed E-state index contributed by atoms with van der Waals surface area (Å²) in [5.74, 6) is -0.508. The van der Waals surface area contributed by atoms with Crippen LogP contribution in [0.2, 0.25) is 0 Å². The van der Waals surface area contributed by atoms with E-state index in [4.69, 9.17) is 4.74 Å². The number of carbonyl (C=O) groups excluding carboxylic acids is 2. The molecule has 0 radical (unpaired) electrons. The molecule has 6 heteroatoms. The molecule has 0 aliphatic carbocycles. The summed E-state index contributed by atoms with van der Waals surface area (Å²) in [4.78, 5) is 25.5. The van der Waals surface area contributed by atoms with E-state index in [0.29, 0.717) is 12.4 Å². The molecule has 176 valence electrons. The van der Waals surface area contributed by atoms with Gasteiger partial charge in [0.1, 0.15) is 5.75 Å². The van der Waals surface area contributed by atoms with Crippen LogP contribution in [0.4, 0.5) is 0 Å². The lowest BCUT2D eigenvalue weighted by molar-refractivity contribution is -0.126. The molecule has 0 atom stereocenters. The summed E-state index contributed by atoms with van der Waals surface area (Å²) in [7, 11) is 0. The summed E-state index contributed by atoms with van der Waals surface area (Å²) in [6.45, 7) is 2.24. The first-order valence-corrected chi connectivity index (χ1v) is 11.5. The van der Waals surface area contributed by atoms with Crippen molar-refractivity contribution in [3.8, 4) is 5.75 Å². The van der Waals surface area contributed by atoms with Crippen molar-refractivity contribution in [3.63, 3.8) is 0 Å². The molecule has 4 aromatic rings. The molecule has 6 nitrogen and oxygen atoms in total. The zero-order chi connectivity index (χ0) is 24.5. The molecule has 0 unspecified atom stereocenters. The lowest BCUT2D eigenvalue weighted by Crippen LogP contribution is -2.37. The van der Waals surface area contributed by atoms with Crippen LogP contribution in [-0.2, 0) is 9.59 Å². The Balaban J connectivity index is 1.43. The first-order chi connectivity index (χ1) is 17.2. The Morgan fingerprint density at radius 2 is 1.49 bits per heavy atom. The Morgan fingerprint density at radius 1 is 0.857 bits per heavy atom. The number of benzene rings is 4. The number of ether oxygens (including phenoxy) is 1. The van der Waals surface area contributed by atoms with Crippen LogP contribution in [0, 0.1) is 0 Å². The van der Waals surface area contributed by atoms with Crippen LogP contribution >= 0.6 is 0 Å². The second-order valence-electron chi connectivity index (χ2n) is 7.90. The SMILES string of the molecule is CCOc1ccc2ccccc2c1/C=N\NC(=O)CNC(=O)C(c1ccccc1)c1ccccc1. The monoisotopic (exact) mass is 465 g/mol. The zero-order valence-corrected chi connectivity index (χ0v) is 19.5. The minimum Gasteiger partial charge on any atom is -0.493 e. The van der Waals surface area contributed by atoms with E-state index in [1.807, 2.05) is 104 Å². The van der Waals surface area contributed by atoms with Crippen molar-refractivity contribution in [1.29, 1.82) is 0 Å². The number of hydrogen-bond donors (Lipinski definition) is 2. The summed E-state index contributed by atoms with van der Waals surface area (Å²) in [6, 6.07) is 30.8. The molecule has 35 heavy (non-hydrogen) atoms. The molecule has 4 rings (SSSR count). The van der Waals surface area contributed by atoms with Crippen molar-refractivity contribution in [1.82, 2.24) is 10.7 Å². The molecule has 0 bridgehead atoms. The minimum atomic E-state index is -0.516. The maximum Gasteiger partial charge on any atom is 0.259 e. The molecule has 0 aliphatic rings. The summed E-state index contributed by atoms with van der Waals surface area (Å²) >= 11 is 0. The molecular formula is C29H27N3O3. The normalized spacial score (nSPS) is 11.0. The first kappa shape index (κ1) is 23.7. The Labute approximate surface area is 204 Å². The number of carbonyl (C=O) groups is 2. The lowest BCUT2D eigenvalue weighted by atomic mass is 9.90. The van der Waals surface area contributed by atoms with Crippen molar-refractivity contribution in [2.45, 2.75) is 12.8 Å². The van der Waals surface area contributed by atoms with E-state index in [1.54, 1.807) is 6.21 Å². The largest absolute Gasteiger partial charge is 0.493 e. The third-order valence-corrected chi connectivity index (χ3v) is 5.56. The van der Waals surface area contributed by atoms with Gasteiger partial charge in [-0.15, -0.1) is 0 Å². The van der Waals surface area contributed by atoms with E-state index in [2.05, 4.69) is 15.8 Å². The van der Waals surface area contributed by atoms with Gasteiger partial charge in [0.05, 0.1) is 25.3 Å². The summed E-state index contributed by atoms with van der Waals surface area (Å²) in [6.07, 6.45) is 1.57. The Morgan fingerprint density at radius 3 is 2.14 bits per heavy atom. The predicted octanol–water partition coefficient (Wildman–Crippen LogP) is 4.64. The number of rotatable bonds is 9. The van der Waals surface area contributed by atoms with E-state index in [-0.39, 0.29) is 12.5 Å². The van der Waals surface area contributed by atoms with Gasteiger partial charge < -0.3 is 10.1 Å². The molecular weight excluding hydrogens is 438 g/mol. The number of nitrogens with zero attached hydrogens (tertiary/aromatic N) is 1. The Kier molecular flexibility index (Phi) is 7.86. The van der Waals surface area contributed by atoms with Gasteiger partial charge in [0, 0.05) is 5.56 Å². The number of fused-ring (bicyclic) bond motifs is 1. The molecule has 2 N–H and O–H groups in total. The molecule has 0 aliphatic heterocycles. The molecule has 2 amide bonds. The standard InChI is InChI=1S/C29H27N3O3/c1-2-35-26-18-17-21-11-9-10-16-24(21)25(26)19-31-32-27(33)20-30-29(34)28(22-12-5-3-6-13-22)23-14-7-4-8-15-23/h3-19,28H,2,20H2,1H3,(H,30,34)(H,32,33)/b31-19-. The maximum absolute atomic E-state index is 13.1. The van der Waals surface area contributed by atoms with Crippen LogP contribution in [0.15, 0.2) is 102 Å². The fourth-order valence-corrected chi connectivity index (χ4v) is 3.95. The second-order valence-corrected chi connectivity index (χ2v) is 7.90. The first-order valence-electron chi connectivity index (χ1n) is 11.5. The third-order valence-electron chi connectivity index (χ3n) is 5.56. The van der Waals surface area contributed by atoms with Crippen LogP contribution in [-0.4, -0.2) is 31.2 Å². The maximum atomic E-state index is 13.1. The van der Waals surface area contributed by atoms with Gasteiger partial charge in [-0.2, -0.15) is 5.10 Å². The molecule has 0 heterocycles. The topological polar surface area (TPSA) is 79.8 Å².